The first-order chi connectivity index (χ1) is 7.12. The maximum atomic E-state index is 11.3. The summed E-state index contributed by atoms with van der Waals surface area (Å²) in [4.78, 5) is 0. The first kappa shape index (κ1) is 15.3. The van der Waals surface area contributed by atoms with E-state index in [0.717, 1.165) is 6.26 Å². The van der Waals surface area contributed by atoms with Gasteiger partial charge in [0.05, 0.1) is 17.3 Å². The highest BCUT2D eigenvalue weighted by Gasteiger charge is 2.13. The average molecular weight is 271 g/mol. The van der Waals surface area contributed by atoms with Gasteiger partial charge in [-0.15, -0.1) is 0 Å². The van der Waals surface area contributed by atoms with Crippen LogP contribution in [0.3, 0.4) is 0 Å². The van der Waals surface area contributed by atoms with E-state index in [1.807, 2.05) is 0 Å². The second kappa shape index (κ2) is 6.16. The predicted octanol–water partition coefficient (Wildman–Crippen LogP) is -1.33. The molecule has 0 bridgehead atoms. The van der Waals surface area contributed by atoms with E-state index in [0.29, 0.717) is 12.8 Å². The molecule has 0 radical (unpaired) electrons. The zero-order valence-electron chi connectivity index (χ0n) is 9.06. The van der Waals surface area contributed by atoms with Gasteiger partial charge in [0.25, 0.3) is 0 Å². The van der Waals surface area contributed by atoms with E-state index in [1.165, 1.54) is 0 Å². The van der Waals surface area contributed by atoms with Crippen molar-refractivity contribution in [2.75, 3.05) is 24.3 Å². The van der Waals surface area contributed by atoms with Crippen LogP contribution in [0.15, 0.2) is 0 Å². The highest BCUT2D eigenvalue weighted by Crippen LogP contribution is 1.92. The van der Waals surface area contributed by atoms with Crippen LogP contribution in [0.25, 0.3) is 0 Å². The number of sulfonamides is 1. The maximum absolute atomic E-state index is 11.3. The molecule has 0 aliphatic heterocycles. The van der Waals surface area contributed by atoms with Gasteiger partial charge >= 0.3 is 0 Å². The quantitative estimate of drug-likeness (QED) is 0.286. The number of hydrogen-bond acceptors (Lipinski definition) is 5. The van der Waals surface area contributed by atoms with Gasteiger partial charge in [-0.1, -0.05) is 0 Å². The number of nitrogens with two attached hydrogens (primary N) is 1. The van der Waals surface area contributed by atoms with Crippen molar-refractivity contribution in [1.29, 1.82) is 5.41 Å². The van der Waals surface area contributed by atoms with Gasteiger partial charge < -0.3 is 5.73 Å². The Labute approximate surface area is 95.9 Å². The number of sulfone groups is 1. The highest BCUT2D eigenvalue weighted by molar-refractivity contribution is 7.93. The van der Waals surface area contributed by atoms with E-state index in [1.54, 1.807) is 0 Å². The third kappa shape index (κ3) is 9.87. The van der Waals surface area contributed by atoms with Crippen LogP contribution in [0.2, 0.25) is 0 Å². The molecule has 0 saturated heterocycles. The Morgan fingerprint density at radius 2 is 1.81 bits per heavy atom. The third-order valence-corrected chi connectivity index (χ3v) is 4.26. The van der Waals surface area contributed by atoms with Gasteiger partial charge in [-0.3, -0.25) is 5.41 Å². The van der Waals surface area contributed by atoms with E-state index < -0.39 is 31.4 Å². The smallest absolute Gasteiger partial charge is 0.212 e. The van der Waals surface area contributed by atoms with Crippen molar-refractivity contribution in [1.82, 2.24) is 4.72 Å². The van der Waals surface area contributed by atoms with E-state index in [2.05, 4.69) is 4.72 Å². The topological polar surface area (TPSA) is 130 Å². The molecule has 0 amide bonds. The van der Waals surface area contributed by atoms with E-state index in [9.17, 15) is 16.8 Å². The molecule has 0 saturated carbocycles. The molecule has 0 aliphatic carbocycles. The van der Waals surface area contributed by atoms with Crippen LogP contribution in [0.5, 0.6) is 0 Å². The Kier molecular flexibility index (Phi) is 5.90. The van der Waals surface area contributed by atoms with Gasteiger partial charge in [0.1, 0.15) is 9.84 Å². The Morgan fingerprint density at radius 1 is 1.25 bits per heavy atom. The molecular weight excluding hydrogens is 254 g/mol. The van der Waals surface area contributed by atoms with Crippen molar-refractivity contribution in [3.05, 3.63) is 0 Å². The van der Waals surface area contributed by atoms with Crippen molar-refractivity contribution in [2.45, 2.75) is 12.8 Å². The number of amidine groups is 1. The lowest BCUT2D eigenvalue weighted by atomic mass is 10.3. The largest absolute Gasteiger partial charge is 0.388 e. The lowest BCUT2D eigenvalue weighted by molar-refractivity contribution is 0.577. The van der Waals surface area contributed by atoms with Crippen molar-refractivity contribution >= 4 is 25.7 Å². The standard InChI is InChI=1S/C7H17N3O4S2/c1-15(11,12)5-6-16(13,14)10-4-2-3-7(8)9/h10H,2-6H2,1H3,(H3,8,9). The maximum Gasteiger partial charge on any atom is 0.212 e. The monoisotopic (exact) mass is 271 g/mol. The molecule has 4 N–H and O–H groups in total. The van der Waals surface area contributed by atoms with Gasteiger partial charge in [0.2, 0.25) is 10.0 Å². The van der Waals surface area contributed by atoms with Crippen molar-refractivity contribution in [2.24, 2.45) is 5.73 Å². The predicted molar refractivity (Wildman–Crippen MR) is 62.6 cm³/mol. The zero-order valence-corrected chi connectivity index (χ0v) is 10.7. The first-order valence-electron chi connectivity index (χ1n) is 4.60. The fraction of sp³-hybridized carbons (Fsp3) is 0.857. The number of hydrogen-bond donors (Lipinski definition) is 3. The summed E-state index contributed by atoms with van der Waals surface area (Å²) in [5.41, 5.74) is 5.08. The summed E-state index contributed by atoms with van der Waals surface area (Å²) in [5, 5.41) is 6.91. The van der Waals surface area contributed by atoms with Crippen molar-refractivity contribution in [3.8, 4) is 0 Å². The second-order valence-electron chi connectivity index (χ2n) is 3.47. The Balaban J connectivity index is 3.93. The molecule has 7 nitrogen and oxygen atoms in total. The summed E-state index contributed by atoms with van der Waals surface area (Å²) < 4.78 is 46.3. The minimum atomic E-state index is -3.55. The molecule has 0 heterocycles. The van der Waals surface area contributed by atoms with Gasteiger partial charge in [-0.2, -0.15) is 0 Å². The summed E-state index contributed by atoms with van der Waals surface area (Å²) in [6.45, 7) is 0.158. The second-order valence-corrected chi connectivity index (χ2v) is 7.66. The molecule has 0 aromatic carbocycles. The fourth-order valence-electron chi connectivity index (χ4n) is 0.840. The summed E-state index contributed by atoms with van der Waals surface area (Å²) in [5.74, 6) is -0.837. The fourth-order valence-corrected chi connectivity index (χ4v) is 3.53. The molecule has 0 atom stereocenters. The van der Waals surface area contributed by atoms with E-state index in [4.69, 9.17) is 11.1 Å². The van der Waals surface area contributed by atoms with Crippen LogP contribution in [0.4, 0.5) is 0 Å². The Bertz CT molecular complexity index is 427. The summed E-state index contributed by atoms with van der Waals surface area (Å²) in [6, 6.07) is 0. The molecule has 0 rings (SSSR count). The molecule has 16 heavy (non-hydrogen) atoms. The van der Waals surface area contributed by atoms with Crippen LogP contribution < -0.4 is 10.5 Å². The van der Waals surface area contributed by atoms with Gasteiger partial charge in [-0.25, -0.2) is 21.6 Å². The van der Waals surface area contributed by atoms with Crippen molar-refractivity contribution < 1.29 is 16.8 Å². The molecule has 9 heteroatoms. The van der Waals surface area contributed by atoms with E-state index in [-0.39, 0.29) is 12.4 Å². The molecular formula is C7H17N3O4S2. The molecule has 0 unspecified atom stereocenters. The van der Waals surface area contributed by atoms with Gasteiger partial charge in [0.15, 0.2) is 0 Å². The zero-order chi connectivity index (χ0) is 12.8. The van der Waals surface area contributed by atoms with Crippen LogP contribution in [0.1, 0.15) is 12.8 Å². The Hall–Kier alpha value is -0.670. The van der Waals surface area contributed by atoms with Gasteiger partial charge in [0, 0.05) is 19.2 Å². The van der Waals surface area contributed by atoms with Crippen LogP contribution in [-0.2, 0) is 19.9 Å². The lowest BCUT2D eigenvalue weighted by Gasteiger charge is -2.05. The molecule has 0 spiro atoms. The van der Waals surface area contributed by atoms with Crippen LogP contribution in [-0.4, -0.2) is 47.0 Å². The molecule has 96 valence electrons. The first-order valence-corrected chi connectivity index (χ1v) is 8.31. The third-order valence-electron chi connectivity index (χ3n) is 1.67. The summed E-state index contributed by atoms with van der Waals surface area (Å²) in [6.07, 6.45) is 1.72. The lowest BCUT2D eigenvalue weighted by Crippen LogP contribution is -2.30. The number of nitrogens with one attached hydrogen (secondary N) is 2. The van der Waals surface area contributed by atoms with Crippen molar-refractivity contribution in [3.63, 3.8) is 0 Å². The van der Waals surface area contributed by atoms with Gasteiger partial charge in [-0.05, 0) is 6.42 Å². The minimum absolute atomic E-state index is 0.00432. The molecule has 0 fully saturated rings. The highest BCUT2D eigenvalue weighted by atomic mass is 32.2. The number of rotatable bonds is 8. The normalized spacial score (nSPS) is 12.6. The SMILES string of the molecule is CS(=O)(=O)CCS(=O)(=O)NCCCC(=N)N. The molecule has 0 aliphatic rings. The van der Waals surface area contributed by atoms with E-state index >= 15 is 0 Å². The minimum Gasteiger partial charge on any atom is -0.388 e. The van der Waals surface area contributed by atoms with Crippen LogP contribution in [0, 0.1) is 5.41 Å². The average Bonchev–Trinajstić information content (AvgIpc) is 2.08. The summed E-state index contributed by atoms with van der Waals surface area (Å²) in [7, 11) is -6.83. The molecule has 0 aromatic heterocycles. The molecule has 0 aromatic rings. The van der Waals surface area contributed by atoms with Crippen LogP contribution >= 0.6 is 0 Å². The summed E-state index contributed by atoms with van der Waals surface area (Å²) >= 11 is 0. The Morgan fingerprint density at radius 3 is 2.25 bits per heavy atom.